The molecule has 136 valence electrons. The van der Waals surface area contributed by atoms with Crippen molar-refractivity contribution in [3.05, 3.63) is 69.7 Å². The summed E-state index contributed by atoms with van der Waals surface area (Å²) >= 11 is 3.32. The normalized spacial score (nSPS) is 15.7. The molecule has 1 heterocycles. The van der Waals surface area contributed by atoms with Gasteiger partial charge in [-0.2, -0.15) is 0 Å². The van der Waals surface area contributed by atoms with Crippen LogP contribution in [0.4, 0.5) is 10.5 Å². The van der Waals surface area contributed by atoms with E-state index in [1.165, 1.54) is 37.5 Å². The van der Waals surface area contributed by atoms with Crippen molar-refractivity contribution in [1.29, 1.82) is 0 Å². The molecule has 0 radical (unpaired) electrons. The van der Waals surface area contributed by atoms with Crippen molar-refractivity contribution in [1.82, 2.24) is 5.32 Å². The van der Waals surface area contributed by atoms with E-state index >= 15 is 0 Å². The zero-order valence-electron chi connectivity index (χ0n) is 14.1. The third-order valence-corrected chi connectivity index (χ3v) is 4.30. The zero-order chi connectivity index (χ0) is 19.6. The molecule has 0 bridgehead atoms. The second-order valence-electron chi connectivity index (χ2n) is 5.55. The highest BCUT2D eigenvalue weighted by Gasteiger charge is 2.36. The van der Waals surface area contributed by atoms with Crippen molar-refractivity contribution in [3.8, 4) is 0 Å². The first kappa shape index (κ1) is 18.5. The summed E-state index contributed by atoms with van der Waals surface area (Å²) in [7, 11) is 1.25. The highest BCUT2D eigenvalue weighted by Crippen LogP contribution is 2.23. The Morgan fingerprint density at radius 3 is 2.44 bits per heavy atom. The maximum Gasteiger partial charge on any atom is 0.337 e. The Morgan fingerprint density at radius 2 is 1.81 bits per heavy atom. The number of anilines is 1. The first-order valence-electron chi connectivity index (χ1n) is 7.76. The number of carbonyl (C=O) groups is 4. The Balaban J connectivity index is 1.96. The van der Waals surface area contributed by atoms with Crippen LogP contribution in [0.3, 0.4) is 0 Å². The summed E-state index contributed by atoms with van der Waals surface area (Å²) in [5.74, 6) is -2.07. The first-order chi connectivity index (χ1) is 12.9. The second kappa shape index (κ2) is 7.55. The Kier molecular flexibility index (Phi) is 5.18. The highest BCUT2D eigenvalue weighted by molar-refractivity contribution is 9.10. The van der Waals surface area contributed by atoms with Gasteiger partial charge in [-0.15, -0.1) is 0 Å². The quantitative estimate of drug-likeness (QED) is 0.460. The van der Waals surface area contributed by atoms with Crippen molar-refractivity contribution in [3.63, 3.8) is 0 Å². The van der Waals surface area contributed by atoms with Gasteiger partial charge in [0.1, 0.15) is 5.57 Å². The number of ether oxygens (including phenoxy) is 1. The van der Waals surface area contributed by atoms with Crippen LogP contribution in [-0.4, -0.2) is 30.9 Å². The predicted molar refractivity (Wildman–Crippen MR) is 101 cm³/mol. The number of hydrogen-bond donors (Lipinski definition) is 1. The van der Waals surface area contributed by atoms with E-state index in [0.717, 1.165) is 9.37 Å². The van der Waals surface area contributed by atoms with Gasteiger partial charge >= 0.3 is 12.0 Å². The van der Waals surface area contributed by atoms with Gasteiger partial charge in [-0.05, 0) is 48.0 Å². The summed E-state index contributed by atoms with van der Waals surface area (Å²) in [6.07, 6.45) is 1.41. The number of nitrogens with zero attached hydrogens (tertiary/aromatic N) is 1. The molecule has 3 rings (SSSR count). The van der Waals surface area contributed by atoms with Crippen LogP contribution < -0.4 is 10.2 Å². The van der Waals surface area contributed by atoms with E-state index in [1.807, 2.05) is 6.07 Å². The van der Waals surface area contributed by atoms with Crippen molar-refractivity contribution in [2.24, 2.45) is 0 Å². The number of barbiturate groups is 1. The molecule has 0 aromatic heterocycles. The number of imide groups is 2. The number of carbonyl (C=O) groups excluding carboxylic acids is 4. The fourth-order valence-corrected chi connectivity index (χ4v) is 2.94. The van der Waals surface area contributed by atoms with Gasteiger partial charge in [-0.25, -0.2) is 14.5 Å². The minimum absolute atomic E-state index is 0.176. The van der Waals surface area contributed by atoms with Gasteiger partial charge in [0.25, 0.3) is 11.8 Å². The molecule has 0 unspecified atom stereocenters. The Bertz CT molecular complexity index is 982. The summed E-state index contributed by atoms with van der Waals surface area (Å²) in [5.41, 5.74) is 0.938. The minimum Gasteiger partial charge on any atom is -0.465 e. The van der Waals surface area contributed by atoms with E-state index in [9.17, 15) is 19.2 Å². The number of methoxy groups -OCH3 is 1. The van der Waals surface area contributed by atoms with Gasteiger partial charge in [0.2, 0.25) is 0 Å². The van der Waals surface area contributed by atoms with E-state index in [4.69, 9.17) is 0 Å². The van der Waals surface area contributed by atoms with Crippen LogP contribution in [0.15, 0.2) is 58.6 Å². The Morgan fingerprint density at radius 1 is 1.11 bits per heavy atom. The molecule has 2 aromatic rings. The molecule has 1 aliphatic heterocycles. The summed E-state index contributed by atoms with van der Waals surface area (Å²) in [4.78, 5) is 49.5. The predicted octanol–water partition coefficient (Wildman–Crippen LogP) is 2.90. The van der Waals surface area contributed by atoms with Crippen molar-refractivity contribution in [2.45, 2.75) is 0 Å². The lowest BCUT2D eigenvalue weighted by molar-refractivity contribution is -0.122. The van der Waals surface area contributed by atoms with Crippen molar-refractivity contribution in [2.75, 3.05) is 12.0 Å². The molecule has 8 heteroatoms. The molecule has 1 aliphatic rings. The van der Waals surface area contributed by atoms with E-state index in [2.05, 4.69) is 26.0 Å². The molecule has 1 fully saturated rings. The first-order valence-corrected chi connectivity index (χ1v) is 8.55. The lowest BCUT2D eigenvalue weighted by Crippen LogP contribution is -2.54. The molecule has 4 amide bonds. The standard InChI is InChI=1S/C19H13BrN2O5/c1-27-18(25)12-5-7-14(8-6-12)22-17(24)15(16(23)21-19(22)26)10-11-3-2-4-13(20)9-11/h2-10H,1H3,(H,21,23,26). The molecule has 1 N–H and O–H groups in total. The van der Waals surface area contributed by atoms with Gasteiger partial charge < -0.3 is 4.74 Å². The number of hydrogen-bond acceptors (Lipinski definition) is 5. The number of urea groups is 1. The lowest BCUT2D eigenvalue weighted by Gasteiger charge is -2.26. The van der Waals surface area contributed by atoms with Gasteiger partial charge in [0.15, 0.2) is 0 Å². The van der Waals surface area contributed by atoms with E-state index in [1.54, 1.807) is 18.2 Å². The zero-order valence-corrected chi connectivity index (χ0v) is 15.6. The molecule has 27 heavy (non-hydrogen) atoms. The lowest BCUT2D eigenvalue weighted by atomic mass is 10.1. The van der Waals surface area contributed by atoms with E-state index in [-0.39, 0.29) is 16.8 Å². The van der Waals surface area contributed by atoms with Crippen LogP contribution in [0.2, 0.25) is 0 Å². The highest BCUT2D eigenvalue weighted by atomic mass is 79.9. The van der Waals surface area contributed by atoms with Gasteiger partial charge in [0, 0.05) is 4.47 Å². The number of rotatable bonds is 3. The number of nitrogens with one attached hydrogen (secondary N) is 1. The van der Waals surface area contributed by atoms with Crippen molar-refractivity contribution < 1.29 is 23.9 Å². The molecular weight excluding hydrogens is 416 g/mol. The van der Waals surface area contributed by atoms with Crippen LogP contribution in [0, 0.1) is 0 Å². The summed E-state index contributed by atoms with van der Waals surface area (Å²) in [6.45, 7) is 0. The van der Waals surface area contributed by atoms with Gasteiger partial charge in [0.05, 0.1) is 18.4 Å². The minimum atomic E-state index is -0.859. The number of esters is 1. The van der Waals surface area contributed by atoms with Gasteiger partial charge in [-0.3, -0.25) is 14.9 Å². The van der Waals surface area contributed by atoms with Crippen LogP contribution in [0.1, 0.15) is 15.9 Å². The SMILES string of the molecule is COC(=O)c1ccc(N2C(=O)NC(=O)C(=Cc3cccc(Br)c3)C2=O)cc1. The third-order valence-electron chi connectivity index (χ3n) is 3.81. The van der Waals surface area contributed by atoms with Crippen molar-refractivity contribution >= 4 is 51.5 Å². The molecule has 1 saturated heterocycles. The maximum atomic E-state index is 12.8. The molecule has 7 nitrogen and oxygen atoms in total. The van der Waals surface area contributed by atoms with Gasteiger partial charge in [-0.1, -0.05) is 28.1 Å². The Labute approximate surface area is 162 Å². The summed E-state index contributed by atoms with van der Waals surface area (Å²) in [5, 5.41) is 2.15. The number of amides is 4. The van der Waals surface area contributed by atoms with Crippen LogP contribution in [0.25, 0.3) is 6.08 Å². The molecule has 0 spiro atoms. The molecule has 2 aromatic carbocycles. The summed E-state index contributed by atoms with van der Waals surface area (Å²) < 4.78 is 5.40. The molecule has 0 aliphatic carbocycles. The second-order valence-corrected chi connectivity index (χ2v) is 6.47. The smallest absolute Gasteiger partial charge is 0.337 e. The number of halogens is 1. The largest absolute Gasteiger partial charge is 0.465 e. The number of benzene rings is 2. The molecule has 0 saturated carbocycles. The van der Waals surface area contributed by atoms with Crippen LogP contribution in [-0.2, 0) is 14.3 Å². The fourth-order valence-electron chi connectivity index (χ4n) is 2.52. The van der Waals surface area contributed by atoms with Crippen LogP contribution in [0.5, 0.6) is 0 Å². The summed E-state index contributed by atoms with van der Waals surface area (Å²) in [6, 6.07) is 11.9. The third kappa shape index (κ3) is 3.80. The topological polar surface area (TPSA) is 92.8 Å². The average Bonchev–Trinajstić information content (AvgIpc) is 2.65. The van der Waals surface area contributed by atoms with E-state index in [0.29, 0.717) is 5.56 Å². The molecule has 0 atom stereocenters. The fraction of sp³-hybridized carbons (Fsp3) is 0.0526. The average molecular weight is 429 g/mol. The Hall–Kier alpha value is -3.26. The maximum absolute atomic E-state index is 12.8. The van der Waals surface area contributed by atoms with E-state index < -0.39 is 23.8 Å². The monoisotopic (exact) mass is 428 g/mol. The molecular formula is C19H13BrN2O5. The van der Waals surface area contributed by atoms with Crippen LogP contribution >= 0.6 is 15.9 Å².